The van der Waals surface area contributed by atoms with E-state index in [1.165, 1.54) is 18.5 Å². The van der Waals surface area contributed by atoms with E-state index in [0.29, 0.717) is 18.8 Å². The van der Waals surface area contributed by atoms with E-state index in [0.717, 1.165) is 6.07 Å². The Labute approximate surface area is 102 Å². The molecule has 18 heavy (non-hydrogen) atoms. The molecule has 1 aromatic carbocycles. The van der Waals surface area contributed by atoms with Crippen LogP contribution in [0.4, 0.5) is 10.1 Å². The van der Waals surface area contributed by atoms with Crippen molar-refractivity contribution in [1.29, 1.82) is 0 Å². The Kier molecular flexibility index (Phi) is 3.52. The van der Waals surface area contributed by atoms with E-state index in [1.807, 2.05) is 0 Å². The van der Waals surface area contributed by atoms with Gasteiger partial charge in [-0.3, -0.25) is 9.89 Å². The third kappa shape index (κ3) is 2.82. The number of H-pyrrole nitrogens is 1. The van der Waals surface area contributed by atoms with Gasteiger partial charge in [-0.05, 0) is 18.2 Å². The molecular formula is C11H12FN5O. The van der Waals surface area contributed by atoms with Crippen molar-refractivity contribution >= 4 is 11.6 Å². The molecule has 0 aliphatic heterocycles. The van der Waals surface area contributed by atoms with Crippen LogP contribution in [0, 0.1) is 5.82 Å². The second kappa shape index (κ2) is 5.26. The van der Waals surface area contributed by atoms with E-state index in [1.54, 1.807) is 0 Å². The summed E-state index contributed by atoms with van der Waals surface area (Å²) in [6.45, 7) is 0.345. The minimum Gasteiger partial charge on any atom is -0.399 e. The smallest absolute Gasteiger partial charge is 0.254 e. The molecule has 4 N–H and O–H groups in total. The van der Waals surface area contributed by atoms with E-state index in [-0.39, 0.29) is 11.3 Å². The van der Waals surface area contributed by atoms with Gasteiger partial charge in [0.05, 0.1) is 5.56 Å². The largest absolute Gasteiger partial charge is 0.399 e. The molecule has 0 unspecified atom stereocenters. The Morgan fingerprint density at radius 1 is 1.50 bits per heavy atom. The molecule has 7 heteroatoms. The molecule has 2 rings (SSSR count). The summed E-state index contributed by atoms with van der Waals surface area (Å²) >= 11 is 0. The van der Waals surface area contributed by atoms with Crippen molar-refractivity contribution in [3.8, 4) is 0 Å². The van der Waals surface area contributed by atoms with Gasteiger partial charge >= 0.3 is 0 Å². The standard InChI is InChI=1S/C11H12FN5O/c12-9-5-7(13)1-2-8(9)11(18)14-4-3-10-15-6-16-17-10/h1-2,5-6H,3-4,13H2,(H,14,18)(H,15,16,17). The number of carbonyl (C=O) groups is 1. The zero-order valence-corrected chi connectivity index (χ0v) is 9.48. The summed E-state index contributed by atoms with van der Waals surface area (Å²) in [6, 6.07) is 3.95. The molecule has 1 aromatic heterocycles. The van der Waals surface area contributed by atoms with Crippen LogP contribution in [0.1, 0.15) is 16.2 Å². The highest BCUT2D eigenvalue weighted by molar-refractivity contribution is 5.94. The summed E-state index contributed by atoms with van der Waals surface area (Å²) in [5.74, 6) is -0.452. The van der Waals surface area contributed by atoms with Crippen molar-refractivity contribution in [2.45, 2.75) is 6.42 Å². The van der Waals surface area contributed by atoms with Gasteiger partial charge in [0.2, 0.25) is 0 Å². The van der Waals surface area contributed by atoms with Crippen molar-refractivity contribution in [2.75, 3.05) is 12.3 Å². The molecule has 1 heterocycles. The number of nitrogens with one attached hydrogen (secondary N) is 2. The number of halogens is 1. The Morgan fingerprint density at radius 2 is 2.33 bits per heavy atom. The molecule has 0 spiro atoms. The normalized spacial score (nSPS) is 10.3. The first-order valence-corrected chi connectivity index (χ1v) is 5.34. The molecule has 0 fully saturated rings. The fourth-order valence-electron chi connectivity index (χ4n) is 1.46. The number of hydrogen-bond donors (Lipinski definition) is 3. The highest BCUT2D eigenvalue weighted by atomic mass is 19.1. The zero-order chi connectivity index (χ0) is 13.0. The molecule has 0 saturated heterocycles. The monoisotopic (exact) mass is 249 g/mol. The average molecular weight is 249 g/mol. The molecule has 94 valence electrons. The molecule has 1 amide bonds. The first-order chi connectivity index (χ1) is 8.66. The van der Waals surface area contributed by atoms with Gasteiger partial charge in [-0.1, -0.05) is 0 Å². The molecular weight excluding hydrogens is 237 g/mol. The number of hydrogen-bond acceptors (Lipinski definition) is 4. The molecule has 0 aliphatic carbocycles. The number of carbonyl (C=O) groups excluding carboxylic acids is 1. The van der Waals surface area contributed by atoms with Crippen LogP contribution >= 0.6 is 0 Å². The quantitative estimate of drug-likeness (QED) is 0.687. The lowest BCUT2D eigenvalue weighted by Crippen LogP contribution is -2.26. The van der Waals surface area contributed by atoms with Crippen LogP contribution in [-0.2, 0) is 6.42 Å². The molecule has 0 atom stereocenters. The Morgan fingerprint density at radius 3 is 3.00 bits per heavy atom. The summed E-state index contributed by atoms with van der Waals surface area (Å²) in [6.07, 6.45) is 1.89. The number of nitrogen functional groups attached to an aromatic ring is 1. The molecule has 0 bridgehead atoms. The van der Waals surface area contributed by atoms with Gasteiger partial charge in [-0.2, -0.15) is 5.10 Å². The first kappa shape index (κ1) is 12.0. The number of aromatic amines is 1. The van der Waals surface area contributed by atoms with Crippen molar-refractivity contribution in [1.82, 2.24) is 20.5 Å². The topological polar surface area (TPSA) is 96.7 Å². The third-order valence-corrected chi connectivity index (χ3v) is 2.35. The van der Waals surface area contributed by atoms with Crippen LogP contribution in [0.15, 0.2) is 24.5 Å². The van der Waals surface area contributed by atoms with Crippen LogP contribution in [0.2, 0.25) is 0 Å². The van der Waals surface area contributed by atoms with Crippen molar-refractivity contribution in [2.24, 2.45) is 0 Å². The molecule has 0 aliphatic rings. The van der Waals surface area contributed by atoms with Gasteiger partial charge in [0.25, 0.3) is 5.91 Å². The minimum atomic E-state index is -0.632. The zero-order valence-electron chi connectivity index (χ0n) is 9.48. The SMILES string of the molecule is Nc1ccc(C(=O)NCCc2ncn[nH]2)c(F)c1. The predicted molar refractivity (Wildman–Crippen MR) is 63.2 cm³/mol. The molecule has 2 aromatic rings. The van der Waals surface area contributed by atoms with Gasteiger partial charge < -0.3 is 11.1 Å². The predicted octanol–water partition coefficient (Wildman–Crippen LogP) is 0.498. The average Bonchev–Trinajstić information content (AvgIpc) is 2.81. The molecule has 0 saturated carbocycles. The number of aromatic nitrogens is 3. The van der Waals surface area contributed by atoms with Crippen molar-refractivity contribution in [3.63, 3.8) is 0 Å². The highest BCUT2D eigenvalue weighted by Crippen LogP contribution is 2.11. The van der Waals surface area contributed by atoms with E-state index < -0.39 is 11.7 Å². The van der Waals surface area contributed by atoms with E-state index in [2.05, 4.69) is 20.5 Å². The minimum absolute atomic E-state index is 0.0261. The lowest BCUT2D eigenvalue weighted by Gasteiger charge is -2.05. The number of anilines is 1. The van der Waals surface area contributed by atoms with Crippen LogP contribution in [0.5, 0.6) is 0 Å². The van der Waals surface area contributed by atoms with Gasteiger partial charge in [0, 0.05) is 18.7 Å². The maximum atomic E-state index is 13.4. The highest BCUT2D eigenvalue weighted by Gasteiger charge is 2.11. The van der Waals surface area contributed by atoms with E-state index >= 15 is 0 Å². The second-order valence-electron chi connectivity index (χ2n) is 3.68. The Bertz CT molecular complexity index is 540. The molecule has 6 nitrogen and oxygen atoms in total. The number of rotatable bonds is 4. The summed E-state index contributed by atoms with van der Waals surface area (Å²) in [5.41, 5.74) is 5.66. The first-order valence-electron chi connectivity index (χ1n) is 5.34. The van der Waals surface area contributed by atoms with Crippen LogP contribution in [0.3, 0.4) is 0 Å². The van der Waals surface area contributed by atoms with E-state index in [9.17, 15) is 9.18 Å². The van der Waals surface area contributed by atoms with Crippen molar-refractivity contribution in [3.05, 3.63) is 41.7 Å². The van der Waals surface area contributed by atoms with Gasteiger partial charge in [-0.25, -0.2) is 9.37 Å². The summed E-state index contributed by atoms with van der Waals surface area (Å²) in [5, 5.41) is 8.94. The summed E-state index contributed by atoms with van der Waals surface area (Å²) in [7, 11) is 0. The van der Waals surface area contributed by atoms with Gasteiger partial charge in [0.15, 0.2) is 0 Å². The number of nitrogens with two attached hydrogens (primary N) is 1. The van der Waals surface area contributed by atoms with Gasteiger partial charge in [-0.15, -0.1) is 0 Å². The maximum absolute atomic E-state index is 13.4. The Balaban J connectivity index is 1.91. The number of amides is 1. The Hall–Kier alpha value is -2.44. The number of nitrogens with zero attached hydrogens (tertiary/aromatic N) is 2. The van der Waals surface area contributed by atoms with Crippen LogP contribution < -0.4 is 11.1 Å². The lowest BCUT2D eigenvalue weighted by atomic mass is 10.2. The second-order valence-corrected chi connectivity index (χ2v) is 3.68. The summed E-state index contributed by atoms with van der Waals surface area (Å²) < 4.78 is 13.4. The summed E-state index contributed by atoms with van der Waals surface area (Å²) in [4.78, 5) is 15.6. The fraction of sp³-hybridized carbons (Fsp3) is 0.182. The van der Waals surface area contributed by atoms with E-state index in [4.69, 9.17) is 5.73 Å². The van der Waals surface area contributed by atoms with Crippen molar-refractivity contribution < 1.29 is 9.18 Å². The molecule has 0 radical (unpaired) electrons. The fourth-order valence-corrected chi connectivity index (χ4v) is 1.46. The van der Waals surface area contributed by atoms with Crippen LogP contribution in [-0.4, -0.2) is 27.6 Å². The number of benzene rings is 1. The van der Waals surface area contributed by atoms with Gasteiger partial charge in [0.1, 0.15) is 18.0 Å². The third-order valence-electron chi connectivity index (χ3n) is 2.35. The van der Waals surface area contributed by atoms with Crippen LogP contribution in [0.25, 0.3) is 0 Å². The maximum Gasteiger partial charge on any atom is 0.254 e. The lowest BCUT2D eigenvalue weighted by molar-refractivity contribution is 0.0950.